The van der Waals surface area contributed by atoms with E-state index < -0.39 is 9.84 Å². The fraction of sp³-hybridized carbons (Fsp3) is 0.500. The van der Waals surface area contributed by atoms with E-state index in [1.807, 2.05) is 18.2 Å². The third-order valence-electron chi connectivity index (χ3n) is 3.60. The summed E-state index contributed by atoms with van der Waals surface area (Å²) >= 11 is 6.16. The van der Waals surface area contributed by atoms with Gasteiger partial charge in [-0.2, -0.15) is 0 Å². The summed E-state index contributed by atoms with van der Waals surface area (Å²) in [6.07, 6.45) is 0.717. The highest BCUT2D eigenvalue weighted by Crippen LogP contribution is 2.37. The van der Waals surface area contributed by atoms with Crippen LogP contribution in [0.3, 0.4) is 0 Å². The highest BCUT2D eigenvalue weighted by atomic mass is 35.5. The second-order valence-corrected chi connectivity index (χ2v) is 7.45. The minimum absolute atomic E-state index is 0.0920. The average Bonchev–Trinajstić information content (AvgIpc) is 2.70. The summed E-state index contributed by atoms with van der Waals surface area (Å²) in [6.45, 7) is 1.63. The van der Waals surface area contributed by atoms with Gasteiger partial charge >= 0.3 is 0 Å². The van der Waals surface area contributed by atoms with Gasteiger partial charge in [0.1, 0.15) is 0 Å². The first-order valence-corrected chi connectivity index (χ1v) is 8.26. The van der Waals surface area contributed by atoms with Gasteiger partial charge in [0.15, 0.2) is 9.84 Å². The van der Waals surface area contributed by atoms with E-state index in [4.69, 9.17) is 11.6 Å². The number of nitrogens with zero attached hydrogens (tertiary/aromatic N) is 1. The summed E-state index contributed by atoms with van der Waals surface area (Å²) in [7, 11) is -2.85. The smallest absolute Gasteiger partial charge is 0.152 e. The van der Waals surface area contributed by atoms with Crippen LogP contribution in [0.4, 0.5) is 11.4 Å². The van der Waals surface area contributed by atoms with E-state index in [0.717, 1.165) is 24.5 Å². The maximum Gasteiger partial charge on any atom is 0.152 e. The number of fused-ring (bicyclic) bond motifs is 1. The molecular weight excluding hydrogens is 272 g/mol. The maximum absolute atomic E-state index is 11.6. The van der Waals surface area contributed by atoms with Crippen LogP contribution in [-0.4, -0.2) is 39.1 Å². The van der Waals surface area contributed by atoms with Crippen LogP contribution in [0.5, 0.6) is 0 Å². The lowest BCUT2D eigenvalue weighted by Gasteiger charge is -2.36. The summed E-state index contributed by atoms with van der Waals surface area (Å²) in [5.41, 5.74) is 1.95. The second kappa shape index (κ2) is 4.31. The Bertz CT molecular complexity index is 573. The van der Waals surface area contributed by atoms with Crippen molar-refractivity contribution in [3.63, 3.8) is 0 Å². The van der Waals surface area contributed by atoms with Crippen LogP contribution in [0.25, 0.3) is 0 Å². The van der Waals surface area contributed by atoms with Gasteiger partial charge in [-0.25, -0.2) is 8.42 Å². The van der Waals surface area contributed by atoms with Gasteiger partial charge in [-0.05, 0) is 18.6 Å². The minimum Gasteiger partial charge on any atom is -0.380 e. The van der Waals surface area contributed by atoms with Crippen molar-refractivity contribution in [2.75, 3.05) is 34.8 Å². The summed E-state index contributed by atoms with van der Waals surface area (Å²) in [6, 6.07) is 5.85. The predicted molar refractivity (Wildman–Crippen MR) is 74.3 cm³/mol. The predicted octanol–water partition coefficient (Wildman–Crippen LogP) is 1.76. The van der Waals surface area contributed by atoms with Gasteiger partial charge in [0, 0.05) is 19.1 Å². The Balaban J connectivity index is 1.95. The molecule has 2 heterocycles. The SMILES string of the molecule is O=S1(=O)CCC(N2CCNc3c(Cl)cccc32)C1. The molecule has 2 aliphatic rings. The Morgan fingerprint density at radius 1 is 1.39 bits per heavy atom. The molecule has 0 aromatic heterocycles. The Hall–Kier alpha value is -0.940. The van der Waals surface area contributed by atoms with Gasteiger partial charge in [0.25, 0.3) is 0 Å². The topological polar surface area (TPSA) is 49.4 Å². The van der Waals surface area contributed by atoms with E-state index in [-0.39, 0.29) is 11.8 Å². The lowest BCUT2D eigenvalue weighted by molar-refractivity contribution is 0.599. The molecule has 0 aliphatic carbocycles. The second-order valence-electron chi connectivity index (χ2n) is 4.81. The molecule has 1 N–H and O–H groups in total. The molecule has 0 radical (unpaired) electrons. The quantitative estimate of drug-likeness (QED) is 0.855. The molecule has 0 saturated carbocycles. The van der Waals surface area contributed by atoms with Crippen molar-refractivity contribution >= 4 is 32.8 Å². The largest absolute Gasteiger partial charge is 0.380 e. The maximum atomic E-state index is 11.6. The molecule has 1 aromatic rings. The number of benzene rings is 1. The number of para-hydroxylation sites is 1. The van der Waals surface area contributed by atoms with Crippen molar-refractivity contribution in [3.05, 3.63) is 23.2 Å². The molecule has 1 unspecified atom stereocenters. The summed E-state index contributed by atoms with van der Waals surface area (Å²) < 4.78 is 23.2. The molecule has 1 fully saturated rings. The van der Waals surface area contributed by atoms with E-state index in [2.05, 4.69) is 10.2 Å². The van der Waals surface area contributed by atoms with Crippen molar-refractivity contribution < 1.29 is 8.42 Å². The number of anilines is 2. The van der Waals surface area contributed by atoms with Crippen molar-refractivity contribution in [3.8, 4) is 0 Å². The van der Waals surface area contributed by atoms with Crippen LogP contribution in [0.1, 0.15) is 6.42 Å². The van der Waals surface area contributed by atoms with Gasteiger partial charge in [-0.15, -0.1) is 0 Å². The average molecular weight is 287 g/mol. The zero-order valence-electron chi connectivity index (χ0n) is 9.89. The minimum atomic E-state index is -2.85. The third kappa shape index (κ3) is 2.06. The first-order valence-electron chi connectivity index (χ1n) is 6.06. The van der Waals surface area contributed by atoms with Crippen LogP contribution in [-0.2, 0) is 9.84 Å². The van der Waals surface area contributed by atoms with Gasteiger partial charge in [-0.3, -0.25) is 0 Å². The zero-order chi connectivity index (χ0) is 12.8. The normalized spacial score (nSPS) is 25.6. The van der Waals surface area contributed by atoms with Crippen LogP contribution in [0.15, 0.2) is 18.2 Å². The zero-order valence-corrected chi connectivity index (χ0v) is 11.5. The molecule has 4 nitrogen and oxygen atoms in total. The number of halogens is 1. The van der Waals surface area contributed by atoms with E-state index in [1.165, 1.54) is 0 Å². The number of sulfone groups is 1. The van der Waals surface area contributed by atoms with Gasteiger partial charge in [0.2, 0.25) is 0 Å². The van der Waals surface area contributed by atoms with E-state index in [9.17, 15) is 8.42 Å². The number of nitrogens with one attached hydrogen (secondary N) is 1. The molecule has 1 atom stereocenters. The molecule has 1 aromatic carbocycles. The fourth-order valence-corrected chi connectivity index (χ4v) is 4.72. The Kier molecular flexibility index (Phi) is 2.90. The molecular formula is C12H15ClN2O2S. The Labute approximate surface area is 112 Å². The molecule has 3 rings (SSSR count). The molecule has 0 spiro atoms. The highest BCUT2D eigenvalue weighted by molar-refractivity contribution is 7.91. The first kappa shape index (κ1) is 12.1. The molecule has 6 heteroatoms. The van der Waals surface area contributed by atoms with Crippen molar-refractivity contribution in [2.45, 2.75) is 12.5 Å². The number of rotatable bonds is 1. The highest BCUT2D eigenvalue weighted by Gasteiger charge is 2.34. The van der Waals surface area contributed by atoms with Crippen molar-refractivity contribution in [1.29, 1.82) is 0 Å². The molecule has 2 aliphatic heterocycles. The standard InChI is InChI=1S/C12H15ClN2O2S/c13-10-2-1-3-11-12(10)14-5-6-15(11)9-4-7-18(16,17)8-9/h1-3,9,14H,4-8H2. The summed E-state index contributed by atoms with van der Waals surface area (Å²) in [4.78, 5) is 2.18. The number of hydrogen-bond acceptors (Lipinski definition) is 4. The first-order chi connectivity index (χ1) is 8.57. The lowest BCUT2D eigenvalue weighted by atomic mass is 10.1. The molecule has 18 heavy (non-hydrogen) atoms. The van der Waals surface area contributed by atoms with Gasteiger partial charge in [0.05, 0.1) is 27.9 Å². The molecule has 1 saturated heterocycles. The molecule has 0 amide bonds. The van der Waals surface area contributed by atoms with Crippen LogP contribution in [0.2, 0.25) is 5.02 Å². The van der Waals surface area contributed by atoms with Crippen molar-refractivity contribution in [1.82, 2.24) is 0 Å². The summed E-state index contributed by atoms with van der Waals surface area (Å²) in [5, 5.41) is 3.97. The van der Waals surface area contributed by atoms with E-state index in [0.29, 0.717) is 17.2 Å². The number of hydrogen-bond donors (Lipinski definition) is 1. The van der Waals surface area contributed by atoms with E-state index >= 15 is 0 Å². The fourth-order valence-electron chi connectivity index (χ4n) is 2.75. The van der Waals surface area contributed by atoms with Gasteiger partial charge in [-0.1, -0.05) is 17.7 Å². The Morgan fingerprint density at radius 3 is 2.94 bits per heavy atom. The summed E-state index contributed by atoms with van der Waals surface area (Å²) in [5.74, 6) is 0.566. The van der Waals surface area contributed by atoms with Crippen LogP contribution >= 0.6 is 11.6 Å². The van der Waals surface area contributed by atoms with E-state index in [1.54, 1.807) is 0 Å². The molecule has 0 bridgehead atoms. The third-order valence-corrected chi connectivity index (χ3v) is 5.67. The Morgan fingerprint density at radius 2 is 2.22 bits per heavy atom. The molecule has 98 valence electrons. The lowest BCUT2D eigenvalue weighted by Crippen LogP contribution is -2.42. The van der Waals surface area contributed by atoms with Crippen molar-refractivity contribution in [2.24, 2.45) is 0 Å². The van der Waals surface area contributed by atoms with Crippen LogP contribution < -0.4 is 10.2 Å². The van der Waals surface area contributed by atoms with Gasteiger partial charge < -0.3 is 10.2 Å². The van der Waals surface area contributed by atoms with Crippen LogP contribution in [0, 0.1) is 0 Å². The monoisotopic (exact) mass is 286 g/mol.